The summed E-state index contributed by atoms with van der Waals surface area (Å²) in [5.74, 6) is 1.22. The van der Waals surface area contributed by atoms with Crippen molar-refractivity contribution in [2.45, 2.75) is 6.92 Å². The number of hydrogen-bond acceptors (Lipinski definition) is 5. The molecule has 3 aromatic rings. The second-order valence-electron chi connectivity index (χ2n) is 4.81. The molecule has 5 heteroatoms. The Morgan fingerprint density at radius 3 is 2.52 bits per heavy atom. The van der Waals surface area contributed by atoms with E-state index >= 15 is 0 Å². The molecule has 0 fully saturated rings. The number of aromatic nitrogens is 1. The van der Waals surface area contributed by atoms with Gasteiger partial charge in [0.05, 0.1) is 6.61 Å². The fourth-order valence-electron chi connectivity index (χ4n) is 2.12. The van der Waals surface area contributed by atoms with Gasteiger partial charge in [0.1, 0.15) is 11.5 Å². The van der Waals surface area contributed by atoms with Crippen molar-refractivity contribution in [1.82, 2.24) is 4.98 Å². The highest BCUT2D eigenvalue weighted by molar-refractivity contribution is 5.59. The van der Waals surface area contributed by atoms with Crippen molar-refractivity contribution in [3.63, 3.8) is 0 Å². The lowest BCUT2D eigenvalue weighted by atomic mass is 10.1. The van der Waals surface area contributed by atoms with Gasteiger partial charge in [-0.3, -0.25) is 4.79 Å². The quantitative estimate of drug-likeness (QED) is 0.775. The minimum Gasteiger partial charge on any atom is -0.494 e. The first-order valence-corrected chi connectivity index (χ1v) is 7.32. The van der Waals surface area contributed by atoms with E-state index in [2.05, 4.69) is 10.3 Å². The van der Waals surface area contributed by atoms with Gasteiger partial charge in [0.15, 0.2) is 0 Å². The average Bonchev–Trinajstić information content (AvgIpc) is 2.56. The fraction of sp³-hybridized carbons (Fsp3) is 0.111. The Balaban J connectivity index is 1.89. The van der Waals surface area contributed by atoms with Crippen molar-refractivity contribution in [3.05, 3.63) is 71.0 Å². The minimum atomic E-state index is -0.362. The van der Waals surface area contributed by atoms with Gasteiger partial charge >= 0.3 is 6.01 Å². The largest absolute Gasteiger partial charge is 0.494 e. The molecular formula is C18H16N2O3. The van der Waals surface area contributed by atoms with Crippen LogP contribution in [0.15, 0.2) is 69.9 Å². The van der Waals surface area contributed by atoms with Gasteiger partial charge in [0, 0.05) is 17.3 Å². The van der Waals surface area contributed by atoms with Gasteiger partial charge in [-0.1, -0.05) is 18.2 Å². The second kappa shape index (κ2) is 6.79. The van der Waals surface area contributed by atoms with Crippen molar-refractivity contribution in [3.8, 4) is 17.1 Å². The third-order valence-electron chi connectivity index (χ3n) is 3.15. The maximum atomic E-state index is 11.8. The molecule has 0 radical (unpaired) electrons. The molecule has 1 aromatic heterocycles. The van der Waals surface area contributed by atoms with E-state index in [9.17, 15) is 4.79 Å². The van der Waals surface area contributed by atoms with E-state index in [1.54, 1.807) is 0 Å². The molecule has 0 spiro atoms. The predicted octanol–water partition coefficient (Wildman–Crippen LogP) is 3.84. The molecule has 0 bridgehead atoms. The van der Waals surface area contributed by atoms with Crippen LogP contribution in [0.1, 0.15) is 6.92 Å². The van der Waals surface area contributed by atoms with Crippen molar-refractivity contribution in [1.29, 1.82) is 0 Å². The summed E-state index contributed by atoms with van der Waals surface area (Å²) in [6.07, 6.45) is 0. The van der Waals surface area contributed by atoms with Gasteiger partial charge in [0.2, 0.25) is 0 Å². The minimum absolute atomic E-state index is 0.160. The van der Waals surface area contributed by atoms with Gasteiger partial charge in [-0.05, 0) is 43.3 Å². The maximum Gasteiger partial charge on any atom is 0.303 e. The molecule has 5 nitrogen and oxygen atoms in total. The van der Waals surface area contributed by atoms with E-state index in [1.165, 1.54) is 6.07 Å². The molecule has 23 heavy (non-hydrogen) atoms. The van der Waals surface area contributed by atoms with Crippen molar-refractivity contribution in [2.75, 3.05) is 11.9 Å². The van der Waals surface area contributed by atoms with Crippen LogP contribution in [0.3, 0.4) is 0 Å². The van der Waals surface area contributed by atoms with Crippen LogP contribution >= 0.6 is 0 Å². The lowest BCUT2D eigenvalue weighted by Crippen LogP contribution is -2.07. The molecule has 0 saturated carbocycles. The third-order valence-corrected chi connectivity index (χ3v) is 3.15. The zero-order valence-corrected chi connectivity index (χ0v) is 12.7. The summed E-state index contributed by atoms with van der Waals surface area (Å²) >= 11 is 0. The standard InChI is InChI=1S/C18H16N2O3/c1-2-22-15-10-8-13(9-11-15)16-12-17(21)20-18(23-16)19-14-6-4-3-5-7-14/h3-12H,2H2,1H3,(H,19,20,21). The molecular weight excluding hydrogens is 292 g/mol. The van der Waals surface area contributed by atoms with Crippen LogP contribution in [0.5, 0.6) is 5.75 Å². The van der Waals surface area contributed by atoms with E-state index in [1.807, 2.05) is 61.5 Å². The number of anilines is 2. The van der Waals surface area contributed by atoms with E-state index in [0.29, 0.717) is 12.4 Å². The van der Waals surface area contributed by atoms with Gasteiger partial charge in [0.25, 0.3) is 5.56 Å². The normalized spacial score (nSPS) is 10.3. The predicted molar refractivity (Wildman–Crippen MR) is 89.1 cm³/mol. The summed E-state index contributed by atoms with van der Waals surface area (Å²) in [6, 6.07) is 18.3. The van der Waals surface area contributed by atoms with Crippen LogP contribution in [0.4, 0.5) is 11.7 Å². The second-order valence-corrected chi connectivity index (χ2v) is 4.81. The highest BCUT2D eigenvalue weighted by atomic mass is 16.5. The molecule has 0 atom stereocenters. The molecule has 1 N–H and O–H groups in total. The molecule has 116 valence electrons. The molecule has 0 aliphatic heterocycles. The van der Waals surface area contributed by atoms with E-state index in [-0.39, 0.29) is 11.6 Å². The Morgan fingerprint density at radius 2 is 1.83 bits per heavy atom. The lowest BCUT2D eigenvalue weighted by molar-refractivity contribution is 0.340. The molecule has 2 aromatic carbocycles. The first-order chi connectivity index (χ1) is 11.2. The first-order valence-electron chi connectivity index (χ1n) is 7.32. The topological polar surface area (TPSA) is 64.4 Å². The molecule has 0 aliphatic carbocycles. The van der Waals surface area contributed by atoms with Crippen LogP contribution in [0, 0.1) is 0 Å². The Hall–Kier alpha value is -3.08. The number of ether oxygens (including phenoxy) is 1. The van der Waals surface area contributed by atoms with E-state index in [0.717, 1.165) is 17.0 Å². The summed E-state index contributed by atoms with van der Waals surface area (Å²) in [6.45, 7) is 2.53. The molecule has 0 aliphatic rings. The van der Waals surface area contributed by atoms with Gasteiger partial charge in [-0.25, -0.2) is 0 Å². The molecule has 0 unspecified atom stereocenters. The Kier molecular flexibility index (Phi) is 4.38. The van der Waals surface area contributed by atoms with E-state index < -0.39 is 0 Å². The first kappa shape index (κ1) is 14.8. The molecule has 0 saturated heterocycles. The summed E-state index contributed by atoms with van der Waals surface area (Å²) < 4.78 is 11.1. The van der Waals surface area contributed by atoms with Crippen LogP contribution < -0.4 is 15.6 Å². The summed E-state index contributed by atoms with van der Waals surface area (Å²) in [5.41, 5.74) is 1.22. The number of hydrogen-bond donors (Lipinski definition) is 1. The molecule has 3 rings (SSSR count). The van der Waals surface area contributed by atoms with Crippen molar-refractivity contribution in [2.24, 2.45) is 0 Å². The molecule has 0 amide bonds. The van der Waals surface area contributed by atoms with Gasteiger partial charge in [-0.15, -0.1) is 0 Å². The Morgan fingerprint density at radius 1 is 1.09 bits per heavy atom. The van der Waals surface area contributed by atoms with Gasteiger partial charge in [-0.2, -0.15) is 4.98 Å². The summed E-state index contributed by atoms with van der Waals surface area (Å²) in [4.78, 5) is 15.7. The van der Waals surface area contributed by atoms with Gasteiger partial charge < -0.3 is 14.5 Å². The molecule has 1 heterocycles. The fourth-order valence-corrected chi connectivity index (χ4v) is 2.12. The lowest BCUT2D eigenvalue weighted by Gasteiger charge is -2.07. The summed E-state index contributed by atoms with van der Waals surface area (Å²) in [7, 11) is 0. The maximum absolute atomic E-state index is 11.8. The van der Waals surface area contributed by atoms with Crippen LogP contribution in [0.2, 0.25) is 0 Å². The zero-order chi connectivity index (χ0) is 16.1. The van der Waals surface area contributed by atoms with E-state index in [4.69, 9.17) is 9.15 Å². The van der Waals surface area contributed by atoms with Crippen molar-refractivity contribution >= 4 is 11.7 Å². The zero-order valence-electron chi connectivity index (χ0n) is 12.7. The highest BCUT2D eigenvalue weighted by Crippen LogP contribution is 2.24. The third kappa shape index (κ3) is 3.77. The highest BCUT2D eigenvalue weighted by Gasteiger charge is 2.07. The number of rotatable bonds is 5. The number of benzene rings is 2. The number of nitrogens with zero attached hydrogens (tertiary/aromatic N) is 1. The Bertz CT molecular complexity index is 827. The SMILES string of the molecule is CCOc1ccc(-c2cc(=O)nc(Nc3ccccc3)o2)cc1. The smallest absolute Gasteiger partial charge is 0.303 e. The monoisotopic (exact) mass is 308 g/mol. The summed E-state index contributed by atoms with van der Waals surface area (Å²) in [5, 5.41) is 2.98. The van der Waals surface area contributed by atoms with Crippen LogP contribution in [-0.4, -0.2) is 11.6 Å². The van der Waals surface area contributed by atoms with Crippen molar-refractivity contribution < 1.29 is 9.15 Å². The average molecular weight is 308 g/mol. The number of nitrogens with one attached hydrogen (secondary N) is 1. The number of para-hydroxylation sites is 1. The van der Waals surface area contributed by atoms with Crippen LogP contribution in [0.25, 0.3) is 11.3 Å². The van der Waals surface area contributed by atoms with Crippen LogP contribution in [-0.2, 0) is 0 Å². The Labute approximate surface area is 133 Å².